The minimum Gasteiger partial charge on any atom is -0.435 e. The number of hydrogen-bond donors (Lipinski definition) is 0. The number of unbranched alkanes of at least 4 members (excludes halogenated alkanes) is 9. The molecule has 2 aromatic carbocycles. The van der Waals surface area contributed by atoms with E-state index in [1.165, 1.54) is 172 Å². The van der Waals surface area contributed by atoms with Gasteiger partial charge in [0.1, 0.15) is 11.5 Å². The Morgan fingerprint density at radius 1 is 0.441 bits per heavy atom. The normalized spacial score (nSPS) is 24.9. The zero-order valence-electron chi connectivity index (χ0n) is 36.8. The summed E-state index contributed by atoms with van der Waals surface area (Å²) < 4.78 is 58.1. The third kappa shape index (κ3) is 16.9. The molecule has 2 aromatic rings. The van der Waals surface area contributed by atoms with E-state index in [1.807, 2.05) is 24.3 Å². The van der Waals surface area contributed by atoms with E-state index in [1.54, 1.807) is 24.3 Å². The molecule has 4 aliphatic carbocycles. The Labute approximate surface area is 356 Å². The van der Waals surface area contributed by atoms with Gasteiger partial charge in [-0.25, -0.2) is 0 Å². The lowest BCUT2D eigenvalue weighted by molar-refractivity contribution is -0.0505. The largest absolute Gasteiger partial charge is 0.435 e. The summed E-state index contributed by atoms with van der Waals surface area (Å²) in [6.07, 6.45) is 41.8. The van der Waals surface area contributed by atoms with Gasteiger partial charge >= 0.3 is 13.2 Å². The van der Waals surface area contributed by atoms with Crippen LogP contribution in [0, 0.1) is 35.5 Å². The molecule has 0 radical (unpaired) electrons. The van der Waals surface area contributed by atoms with Gasteiger partial charge in [-0.15, -0.1) is 0 Å². The maximum absolute atomic E-state index is 12.3. The summed E-state index contributed by atoms with van der Waals surface area (Å²) in [6.45, 7) is -0.947. The lowest BCUT2D eigenvalue weighted by atomic mass is 9.70. The highest BCUT2D eigenvalue weighted by atomic mass is 19.3. The number of ether oxygens (including phenoxy) is 2. The maximum Gasteiger partial charge on any atom is 0.387 e. The summed E-state index contributed by atoms with van der Waals surface area (Å²) in [5.41, 5.74) is 5.03. The molecule has 0 amide bonds. The van der Waals surface area contributed by atoms with E-state index in [2.05, 4.69) is 35.5 Å². The Morgan fingerprint density at radius 3 is 1.12 bits per heavy atom. The summed E-state index contributed by atoms with van der Waals surface area (Å²) in [7, 11) is 0. The van der Waals surface area contributed by atoms with Crippen LogP contribution in [0.2, 0.25) is 0 Å². The van der Waals surface area contributed by atoms with Crippen LogP contribution in [0.5, 0.6) is 11.5 Å². The van der Waals surface area contributed by atoms with Gasteiger partial charge in [0.25, 0.3) is 0 Å². The molecule has 4 aliphatic rings. The van der Waals surface area contributed by atoms with E-state index >= 15 is 0 Å². The molecule has 2 nitrogen and oxygen atoms in total. The van der Waals surface area contributed by atoms with Gasteiger partial charge < -0.3 is 9.47 Å². The molecule has 6 rings (SSSR count). The highest BCUT2D eigenvalue weighted by molar-refractivity contribution is 5.67. The van der Waals surface area contributed by atoms with E-state index in [-0.39, 0.29) is 11.5 Å². The Bertz CT molecular complexity index is 1470. The number of rotatable bonds is 21. The van der Waals surface area contributed by atoms with E-state index < -0.39 is 13.2 Å². The summed E-state index contributed by atoms with van der Waals surface area (Å²) >= 11 is 0. The molecule has 330 valence electrons. The van der Waals surface area contributed by atoms with Crippen LogP contribution < -0.4 is 9.47 Å². The standard InChI is InChI=1S/C27H40F2O.C26H38F2O/c1-2-3-4-5-6-7-8-21-9-11-22(12-10-21)23-13-15-24(16-14-23)25-17-19-26(20-18-25)30-27(28)29;1-2-3-4-5-6-7-20-8-10-21(11-9-20)22-12-14-23(15-13-22)24-16-18-25(19-17-24)29-26(27)28/h15,17-23,27H,2-14,16H2,1H3;14,16-22,26H,2-13,15H2,1H3. The molecule has 2 saturated carbocycles. The summed E-state index contributed by atoms with van der Waals surface area (Å²) in [6, 6.07) is 14.3. The monoisotopic (exact) mass is 823 g/mol. The van der Waals surface area contributed by atoms with E-state index in [4.69, 9.17) is 0 Å². The molecule has 0 spiro atoms. The fourth-order valence-electron chi connectivity index (χ4n) is 10.9. The molecule has 0 aromatic heterocycles. The van der Waals surface area contributed by atoms with Crippen LogP contribution in [0.15, 0.2) is 60.7 Å². The smallest absolute Gasteiger partial charge is 0.387 e. The van der Waals surface area contributed by atoms with Crippen molar-refractivity contribution in [1.29, 1.82) is 0 Å². The average Bonchev–Trinajstić information content (AvgIpc) is 3.26. The van der Waals surface area contributed by atoms with Gasteiger partial charge in [-0.05, 0) is 146 Å². The van der Waals surface area contributed by atoms with Gasteiger partial charge in [-0.1, -0.05) is 159 Å². The number of halogens is 4. The second-order valence-electron chi connectivity index (χ2n) is 18.7. The summed E-state index contributed by atoms with van der Waals surface area (Å²) in [5, 5.41) is 0. The van der Waals surface area contributed by atoms with E-state index in [0.29, 0.717) is 0 Å². The Morgan fingerprint density at radius 2 is 0.797 bits per heavy atom. The average molecular weight is 823 g/mol. The van der Waals surface area contributed by atoms with Crippen molar-refractivity contribution in [3.05, 3.63) is 71.8 Å². The van der Waals surface area contributed by atoms with Crippen LogP contribution >= 0.6 is 0 Å². The van der Waals surface area contributed by atoms with Crippen molar-refractivity contribution in [1.82, 2.24) is 0 Å². The van der Waals surface area contributed by atoms with Crippen molar-refractivity contribution in [2.75, 3.05) is 0 Å². The Hall–Kier alpha value is -2.76. The van der Waals surface area contributed by atoms with Crippen LogP contribution in [0.3, 0.4) is 0 Å². The minimum atomic E-state index is -2.76. The van der Waals surface area contributed by atoms with Gasteiger partial charge in [0, 0.05) is 0 Å². The van der Waals surface area contributed by atoms with Crippen molar-refractivity contribution >= 4 is 11.1 Å². The van der Waals surface area contributed by atoms with Crippen LogP contribution in [-0.4, -0.2) is 13.2 Å². The number of allylic oxidation sites excluding steroid dienone is 4. The highest BCUT2D eigenvalue weighted by Gasteiger charge is 2.30. The molecule has 0 saturated heterocycles. The topological polar surface area (TPSA) is 18.5 Å². The highest BCUT2D eigenvalue weighted by Crippen LogP contribution is 2.44. The lowest BCUT2D eigenvalue weighted by Crippen LogP contribution is -2.23. The second-order valence-corrected chi connectivity index (χ2v) is 18.7. The third-order valence-electron chi connectivity index (χ3n) is 14.6. The molecule has 0 N–H and O–H groups in total. The van der Waals surface area contributed by atoms with Crippen LogP contribution in [0.1, 0.15) is 198 Å². The van der Waals surface area contributed by atoms with Crippen LogP contribution in [-0.2, 0) is 0 Å². The number of alkyl halides is 4. The van der Waals surface area contributed by atoms with Crippen molar-refractivity contribution < 1.29 is 27.0 Å². The molecule has 0 bridgehead atoms. The van der Waals surface area contributed by atoms with Crippen molar-refractivity contribution in [3.8, 4) is 11.5 Å². The number of hydrogen-bond acceptors (Lipinski definition) is 2. The number of benzene rings is 2. The van der Waals surface area contributed by atoms with Gasteiger partial charge in [0.05, 0.1) is 0 Å². The van der Waals surface area contributed by atoms with Crippen molar-refractivity contribution in [3.63, 3.8) is 0 Å². The quantitative estimate of drug-likeness (QED) is 0.0922. The molecule has 0 heterocycles. The zero-order chi connectivity index (χ0) is 41.7. The fourth-order valence-corrected chi connectivity index (χ4v) is 10.9. The first kappa shape index (κ1) is 47.3. The van der Waals surface area contributed by atoms with E-state index in [9.17, 15) is 17.6 Å². The second kappa shape index (κ2) is 26.5. The summed E-state index contributed by atoms with van der Waals surface area (Å²) in [5.74, 6) is 5.93. The maximum atomic E-state index is 12.3. The molecule has 2 atom stereocenters. The molecule has 2 fully saturated rings. The van der Waals surface area contributed by atoms with Gasteiger partial charge in [0.15, 0.2) is 0 Å². The van der Waals surface area contributed by atoms with Crippen LogP contribution in [0.4, 0.5) is 17.6 Å². The fraction of sp³-hybridized carbons (Fsp3) is 0.698. The minimum absolute atomic E-state index is 0.236. The third-order valence-corrected chi connectivity index (χ3v) is 14.6. The zero-order valence-corrected chi connectivity index (χ0v) is 36.8. The van der Waals surface area contributed by atoms with Gasteiger partial charge in [-0.2, -0.15) is 17.6 Å². The molecule has 2 unspecified atom stereocenters. The Balaban J connectivity index is 0.000000224. The first-order chi connectivity index (χ1) is 28.8. The van der Waals surface area contributed by atoms with Crippen molar-refractivity contribution in [2.45, 2.75) is 200 Å². The van der Waals surface area contributed by atoms with Gasteiger partial charge in [-0.3, -0.25) is 0 Å². The first-order valence-electron chi connectivity index (χ1n) is 24.3. The predicted molar refractivity (Wildman–Crippen MR) is 239 cm³/mol. The SMILES string of the molecule is CCCCCCCC1CCC(C2CC=C(c3ccc(OC(F)F)cc3)CC2)CC1.CCCCCCCCC1CCC(C2CC=C(c3ccc(OC(F)F)cc3)CC2)CC1. The molecule has 6 heteroatoms. The molecule has 0 aliphatic heterocycles. The van der Waals surface area contributed by atoms with Crippen LogP contribution in [0.25, 0.3) is 11.1 Å². The summed E-state index contributed by atoms with van der Waals surface area (Å²) in [4.78, 5) is 0. The Kier molecular flexibility index (Phi) is 21.3. The predicted octanol–water partition coefficient (Wildman–Crippen LogP) is 17.7. The van der Waals surface area contributed by atoms with Crippen molar-refractivity contribution in [2.24, 2.45) is 35.5 Å². The first-order valence-corrected chi connectivity index (χ1v) is 24.3. The van der Waals surface area contributed by atoms with Gasteiger partial charge in [0.2, 0.25) is 0 Å². The molecular weight excluding hydrogens is 745 g/mol. The lowest BCUT2D eigenvalue weighted by Gasteiger charge is -2.35. The molecule has 59 heavy (non-hydrogen) atoms. The molecular formula is C53H78F4O2. The van der Waals surface area contributed by atoms with E-state index in [0.717, 1.165) is 59.5 Å².